The lowest BCUT2D eigenvalue weighted by Gasteiger charge is -2.14. The highest BCUT2D eigenvalue weighted by Crippen LogP contribution is 1.70. The molecule has 0 atom stereocenters. The van der Waals surface area contributed by atoms with E-state index in [-0.39, 0.29) is 5.11 Å². The van der Waals surface area contributed by atoms with Crippen LogP contribution in [0.2, 0.25) is 0 Å². The van der Waals surface area contributed by atoms with Gasteiger partial charge in [-0.05, 0) is 12.2 Å². The molecule has 0 aromatic carbocycles. The molecule has 52 valence electrons. The van der Waals surface area contributed by atoms with E-state index in [1.54, 1.807) is 0 Å². The van der Waals surface area contributed by atoms with Crippen LogP contribution in [0, 0.1) is 0 Å². The Bertz CT molecular complexity index is 136. The molecule has 5 nitrogen and oxygen atoms in total. The van der Waals surface area contributed by atoms with Crippen molar-refractivity contribution in [1.29, 1.82) is 0 Å². The minimum atomic E-state index is -0.636. The molecule has 9 heavy (non-hydrogen) atoms. The molecular formula is C3H8N4OS. The molecule has 0 aliphatic rings. The second-order valence-corrected chi connectivity index (χ2v) is 1.81. The standard InChI is InChI=1S/C3H8N4OS/c1-7(3(5)8)6-2(4)9/h1H3,(H2,5,8)(H3,4,6,9). The summed E-state index contributed by atoms with van der Waals surface area (Å²) in [7, 11) is 1.42. The van der Waals surface area contributed by atoms with Crippen molar-refractivity contribution in [2.45, 2.75) is 0 Å². The molecule has 2 amide bonds. The van der Waals surface area contributed by atoms with Crippen LogP contribution in [-0.2, 0) is 0 Å². The maximum Gasteiger partial charge on any atom is 0.333 e. The second-order valence-electron chi connectivity index (χ2n) is 1.37. The van der Waals surface area contributed by atoms with Crippen LogP contribution in [0.25, 0.3) is 0 Å². The van der Waals surface area contributed by atoms with Gasteiger partial charge in [-0.1, -0.05) is 0 Å². The van der Waals surface area contributed by atoms with Gasteiger partial charge in [-0.2, -0.15) is 0 Å². The zero-order valence-electron chi connectivity index (χ0n) is 4.92. The summed E-state index contributed by atoms with van der Waals surface area (Å²) in [5.74, 6) is 0. The van der Waals surface area contributed by atoms with Crippen LogP contribution in [0.5, 0.6) is 0 Å². The van der Waals surface area contributed by atoms with Crippen molar-refractivity contribution in [2.24, 2.45) is 11.5 Å². The van der Waals surface area contributed by atoms with Crippen LogP contribution in [0.15, 0.2) is 0 Å². The Balaban J connectivity index is 3.63. The van der Waals surface area contributed by atoms with Crippen molar-refractivity contribution in [2.75, 3.05) is 7.05 Å². The monoisotopic (exact) mass is 148 g/mol. The second kappa shape index (κ2) is 3.08. The number of carbonyl (C=O) groups excluding carboxylic acids is 1. The quantitative estimate of drug-likeness (QED) is 0.296. The zero-order valence-corrected chi connectivity index (χ0v) is 5.73. The number of hydrogen-bond donors (Lipinski definition) is 3. The van der Waals surface area contributed by atoms with Gasteiger partial charge in [-0.15, -0.1) is 0 Å². The SMILES string of the molecule is CN(NC(N)=S)C(N)=O. The van der Waals surface area contributed by atoms with Gasteiger partial charge in [0.2, 0.25) is 0 Å². The summed E-state index contributed by atoms with van der Waals surface area (Å²) in [6.07, 6.45) is 0. The van der Waals surface area contributed by atoms with Crippen LogP contribution in [0.3, 0.4) is 0 Å². The van der Waals surface area contributed by atoms with Crippen molar-refractivity contribution in [3.63, 3.8) is 0 Å². The van der Waals surface area contributed by atoms with Crippen molar-refractivity contribution in [1.82, 2.24) is 10.4 Å². The van der Waals surface area contributed by atoms with E-state index < -0.39 is 6.03 Å². The molecule has 0 saturated carbocycles. The summed E-state index contributed by atoms with van der Waals surface area (Å²) < 4.78 is 0. The van der Waals surface area contributed by atoms with Crippen LogP contribution in [-0.4, -0.2) is 23.2 Å². The van der Waals surface area contributed by atoms with Gasteiger partial charge in [-0.3, -0.25) is 5.43 Å². The van der Waals surface area contributed by atoms with Gasteiger partial charge >= 0.3 is 6.03 Å². The molecule has 6 heteroatoms. The van der Waals surface area contributed by atoms with Gasteiger partial charge < -0.3 is 11.5 Å². The smallest absolute Gasteiger partial charge is 0.333 e. The minimum absolute atomic E-state index is 0.0105. The predicted octanol–water partition coefficient (Wildman–Crippen LogP) is -1.25. The van der Waals surface area contributed by atoms with Crippen molar-refractivity contribution >= 4 is 23.4 Å². The molecule has 0 fully saturated rings. The van der Waals surface area contributed by atoms with Gasteiger partial charge in [0.05, 0.1) is 0 Å². The Morgan fingerprint density at radius 1 is 1.67 bits per heavy atom. The fraction of sp³-hybridized carbons (Fsp3) is 0.333. The number of hydrogen-bond acceptors (Lipinski definition) is 2. The van der Waals surface area contributed by atoms with Crippen molar-refractivity contribution in [3.8, 4) is 0 Å². The molecular weight excluding hydrogens is 140 g/mol. The number of urea groups is 1. The first-order valence-electron chi connectivity index (χ1n) is 2.13. The number of hydrazine groups is 1. The first-order chi connectivity index (χ1) is 4.04. The molecule has 0 radical (unpaired) electrons. The molecule has 0 spiro atoms. The number of carbonyl (C=O) groups is 1. The molecule has 0 heterocycles. The van der Waals surface area contributed by atoms with E-state index in [0.29, 0.717) is 0 Å². The third-order valence-electron chi connectivity index (χ3n) is 0.608. The summed E-state index contributed by atoms with van der Waals surface area (Å²) in [4.78, 5) is 10.2. The molecule has 0 saturated heterocycles. The number of nitrogens with one attached hydrogen (secondary N) is 1. The Labute approximate surface area is 57.9 Å². The van der Waals surface area contributed by atoms with E-state index in [9.17, 15) is 4.79 Å². The Morgan fingerprint density at radius 3 is 2.22 bits per heavy atom. The third-order valence-corrected chi connectivity index (χ3v) is 0.700. The summed E-state index contributed by atoms with van der Waals surface area (Å²) in [6, 6.07) is -0.636. The molecule has 0 aromatic heterocycles. The maximum atomic E-state index is 10.2. The molecule has 0 aromatic rings. The van der Waals surface area contributed by atoms with Crippen LogP contribution in [0.4, 0.5) is 4.79 Å². The lowest BCUT2D eigenvalue weighted by Crippen LogP contribution is -2.48. The fourth-order valence-electron chi connectivity index (χ4n) is 0.220. The van der Waals surface area contributed by atoms with Crippen molar-refractivity contribution in [3.05, 3.63) is 0 Å². The number of nitrogens with two attached hydrogens (primary N) is 2. The molecule has 0 aliphatic carbocycles. The van der Waals surface area contributed by atoms with Crippen LogP contribution < -0.4 is 16.9 Å². The number of rotatable bonds is 0. The Morgan fingerprint density at radius 2 is 2.11 bits per heavy atom. The average molecular weight is 148 g/mol. The molecule has 5 N–H and O–H groups in total. The maximum absolute atomic E-state index is 10.2. The normalized spacial score (nSPS) is 8.11. The number of thiocarbonyl (C=S) groups is 1. The highest BCUT2D eigenvalue weighted by atomic mass is 32.1. The topological polar surface area (TPSA) is 84.4 Å². The first kappa shape index (κ1) is 7.96. The molecule has 0 unspecified atom stereocenters. The number of nitrogens with zero attached hydrogens (tertiary/aromatic N) is 1. The first-order valence-corrected chi connectivity index (χ1v) is 2.54. The van der Waals surface area contributed by atoms with E-state index in [2.05, 4.69) is 17.6 Å². The van der Waals surface area contributed by atoms with Gasteiger partial charge in [0.25, 0.3) is 0 Å². The highest BCUT2D eigenvalue weighted by Gasteiger charge is 1.99. The number of primary amides is 1. The summed E-state index contributed by atoms with van der Waals surface area (Å²) in [6.45, 7) is 0. The van der Waals surface area contributed by atoms with Gasteiger partial charge in [0, 0.05) is 7.05 Å². The summed E-state index contributed by atoms with van der Waals surface area (Å²) in [5, 5.41) is 0.999. The molecule has 0 aliphatic heterocycles. The van der Waals surface area contributed by atoms with Gasteiger partial charge in [0.15, 0.2) is 5.11 Å². The van der Waals surface area contributed by atoms with E-state index in [0.717, 1.165) is 5.01 Å². The summed E-state index contributed by atoms with van der Waals surface area (Å²) >= 11 is 4.41. The molecule has 0 rings (SSSR count). The van der Waals surface area contributed by atoms with Crippen LogP contribution in [0.1, 0.15) is 0 Å². The third kappa shape index (κ3) is 3.53. The lowest BCUT2D eigenvalue weighted by atomic mass is 10.9. The fourth-order valence-corrected chi connectivity index (χ4v) is 0.357. The highest BCUT2D eigenvalue weighted by molar-refractivity contribution is 7.80. The Hall–Kier alpha value is -1.04. The van der Waals surface area contributed by atoms with E-state index >= 15 is 0 Å². The zero-order chi connectivity index (χ0) is 7.44. The van der Waals surface area contributed by atoms with Gasteiger partial charge in [0.1, 0.15) is 0 Å². The minimum Gasteiger partial charge on any atom is -0.375 e. The van der Waals surface area contributed by atoms with E-state index in [1.807, 2.05) is 0 Å². The van der Waals surface area contributed by atoms with E-state index in [1.165, 1.54) is 7.05 Å². The number of amides is 2. The van der Waals surface area contributed by atoms with Gasteiger partial charge in [-0.25, -0.2) is 9.80 Å². The van der Waals surface area contributed by atoms with E-state index in [4.69, 9.17) is 11.5 Å². The summed E-state index contributed by atoms with van der Waals surface area (Å²) in [5.41, 5.74) is 12.1. The predicted molar refractivity (Wildman–Crippen MR) is 37.3 cm³/mol. The largest absolute Gasteiger partial charge is 0.375 e. The molecule has 0 bridgehead atoms. The van der Waals surface area contributed by atoms with Crippen LogP contribution >= 0.6 is 12.2 Å². The Kier molecular flexibility index (Phi) is 2.72. The van der Waals surface area contributed by atoms with Crippen molar-refractivity contribution < 1.29 is 4.79 Å². The average Bonchev–Trinajstić information content (AvgIpc) is 1.63. The lowest BCUT2D eigenvalue weighted by molar-refractivity contribution is 0.210.